The summed E-state index contributed by atoms with van der Waals surface area (Å²) in [4.78, 5) is 9.75. The minimum absolute atomic E-state index is 0.301. The quantitative estimate of drug-likeness (QED) is 0.517. The SMILES string of the molecule is NC(=O)CP=S. The molecule has 0 aromatic rings. The van der Waals surface area contributed by atoms with Crippen molar-refractivity contribution in [3.05, 3.63) is 0 Å². The molecular formula is C2H4NOPS. The van der Waals surface area contributed by atoms with Crippen molar-refractivity contribution in [2.24, 2.45) is 5.73 Å². The molecule has 0 bridgehead atoms. The van der Waals surface area contributed by atoms with Crippen LogP contribution in [0.1, 0.15) is 0 Å². The first-order valence-electron chi connectivity index (χ1n) is 1.35. The number of carbonyl (C=O) groups is 1. The molecule has 0 rings (SSSR count). The highest BCUT2D eigenvalue weighted by Gasteiger charge is 1.82. The summed E-state index contributed by atoms with van der Waals surface area (Å²) < 4.78 is 0. The molecule has 34 valence electrons. The van der Waals surface area contributed by atoms with Gasteiger partial charge in [0.2, 0.25) is 5.91 Å². The van der Waals surface area contributed by atoms with Gasteiger partial charge in [0.15, 0.2) is 0 Å². The van der Waals surface area contributed by atoms with Crippen LogP contribution in [0.15, 0.2) is 0 Å². The predicted molar refractivity (Wildman–Crippen MR) is 28.3 cm³/mol. The van der Waals surface area contributed by atoms with E-state index in [1.54, 1.807) is 0 Å². The highest BCUT2D eigenvalue weighted by Crippen LogP contribution is 1.85. The third-order valence-corrected chi connectivity index (χ3v) is 1.05. The van der Waals surface area contributed by atoms with Gasteiger partial charge in [-0.05, 0) is 7.36 Å². The largest absolute Gasteiger partial charge is 0.369 e. The standard InChI is InChI=1S/C2H4NOPS/c3-2(4)1-5-6/h1H2,(H2,3,4). The molecule has 6 heavy (non-hydrogen) atoms. The minimum atomic E-state index is -0.327. The lowest BCUT2D eigenvalue weighted by molar-refractivity contribution is -0.115. The van der Waals surface area contributed by atoms with Crippen LogP contribution in [0.4, 0.5) is 0 Å². The van der Waals surface area contributed by atoms with Crippen molar-refractivity contribution in [1.29, 1.82) is 0 Å². The Morgan fingerprint density at radius 3 is 2.50 bits per heavy atom. The van der Waals surface area contributed by atoms with Crippen molar-refractivity contribution in [3.8, 4) is 0 Å². The number of carbonyl (C=O) groups excluding carboxylic acids is 1. The molecule has 0 aliphatic rings. The van der Waals surface area contributed by atoms with Crippen LogP contribution in [-0.2, 0) is 16.6 Å². The summed E-state index contributed by atoms with van der Waals surface area (Å²) in [7, 11) is 0.633. The number of hydrogen-bond acceptors (Lipinski definition) is 2. The van der Waals surface area contributed by atoms with Gasteiger partial charge in [0, 0.05) is 0 Å². The summed E-state index contributed by atoms with van der Waals surface area (Å²) >= 11 is 4.40. The fourth-order valence-corrected chi connectivity index (χ4v) is 0.573. The number of nitrogens with two attached hydrogens (primary N) is 1. The van der Waals surface area contributed by atoms with E-state index in [0.29, 0.717) is 13.5 Å². The summed E-state index contributed by atoms with van der Waals surface area (Å²) in [6.45, 7) is 0. The number of hydrogen-bond donors (Lipinski definition) is 1. The first-order valence-corrected chi connectivity index (χ1v) is 3.44. The molecule has 0 fully saturated rings. The zero-order chi connectivity index (χ0) is 4.99. The van der Waals surface area contributed by atoms with E-state index >= 15 is 0 Å². The summed E-state index contributed by atoms with van der Waals surface area (Å²) in [6, 6.07) is 0. The van der Waals surface area contributed by atoms with E-state index in [4.69, 9.17) is 5.73 Å². The Morgan fingerprint density at radius 1 is 2.00 bits per heavy atom. The van der Waals surface area contributed by atoms with Gasteiger partial charge in [-0.3, -0.25) is 4.79 Å². The molecule has 1 amide bonds. The molecule has 2 N–H and O–H groups in total. The maximum Gasteiger partial charge on any atom is 0.226 e. The van der Waals surface area contributed by atoms with E-state index in [1.807, 2.05) is 0 Å². The maximum absolute atomic E-state index is 9.75. The smallest absolute Gasteiger partial charge is 0.226 e. The van der Waals surface area contributed by atoms with Crippen molar-refractivity contribution in [2.45, 2.75) is 0 Å². The predicted octanol–water partition coefficient (Wildman–Crippen LogP) is -0.120. The van der Waals surface area contributed by atoms with Crippen molar-refractivity contribution in [1.82, 2.24) is 0 Å². The van der Waals surface area contributed by atoms with Gasteiger partial charge >= 0.3 is 0 Å². The second kappa shape index (κ2) is 3.19. The van der Waals surface area contributed by atoms with Crippen LogP contribution in [0.25, 0.3) is 0 Å². The van der Waals surface area contributed by atoms with Gasteiger partial charge in [0.25, 0.3) is 0 Å². The van der Waals surface area contributed by atoms with E-state index in [9.17, 15) is 4.79 Å². The van der Waals surface area contributed by atoms with Crippen molar-refractivity contribution in [2.75, 3.05) is 6.16 Å². The molecular weight excluding hydrogens is 117 g/mol. The second-order valence-electron chi connectivity index (χ2n) is 0.754. The molecule has 0 aliphatic carbocycles. The first-order chi connectivity index (χ1) is 2.77. The van der Waals surface area contributed by atoms with Crippen LogP contribution in [0.5, 0.6) is 0 Å². The number of rotatable bonds is 2. The van der Waals surface area contributed by atoms with Gasteiger partial charge < -0.3 is 5.73 Å². The Bertz CT molecular complexity index is 73.9. The van der Waals surface area contributed by atoms with Crippen LogP contribution >= 0.6 is 7.36 Å². The maximum atomic E-state index is 9.75. The van der Waals surface area contributed by atoms with E-state index in [0.717, 1.165) is 0 Å². The van der Waals surface area contributed by atoms with Crippen molar-refractivity contribution in [3.63, 3.8) is 0 Å². The topological polar surface area (TPSA) is 43.1 Å². The van der Waals surface area contributed by atoms with Crippen LogP contribution in [0.3, 0.4) is 0 Å². The zero-order valence-corrected chi connectivity index (χ0v) is 4.76. The van der Waals surface area contributed by atoms with Gasteiger partial charge in [0.05, 0.1) is 6.16 Å². The Balaban J connectivity index is 3.05. The summed E-state index contributed by atoms with van der Waals surface area (Å²) in [5.74, 6) is -0.327. The monoisotopic (exact) mass is 121 g/mol. The van der Waals surface area contributed by atoms with Gasteiger partial charge in [-0.25, -0.2) is 0 Å². The molecule has 0 aromatic carbocycles. The van der Waals surface area contributed by atoms with Crippen LogP contribution in [-0.4, -0.2) is 12.1 Å². The van der Waals surface area contributed by atoms with Crippen LogP contribution < -0.4 is 5.73 Å². The number of primary amides is 1. The molecule has 0 saturated carbocycles. The fraction of sp³-hybridized carbons (Fsp3) is 0.500. The van der Waals surface area contributed by atoms with E-state index in [2.05, 4.69) is 11.8 Å². The summed E-state index contributed by atoms with van der Waals surface area (Å²) in [5, 5.41) is 0. The van der Waals surface area contributed by atoms with Gasteiger partial charge in [-0.1, -0.05) is 11.8 Å². The molecule has 0 unspecified atom stereocenters. The van der Waals surface area contributed by atoms with E-state index < -0.39 is 0 Å². The summed E-state index contributed by atoms with van der Waals surface area (Å²) in [5.41, 5.74) is 4.69. The molecule has 0 saturated heterocycles. The lowest BCUT2D eigenvalue weighted by atomic mass is 10.8. The Morgan fingerprint density at radius 2 is 2.50 bits per heavy atom. The second-order valence-corrected chi connectivity index (χ2v) is 2.10. The van der Waals surface area contributed by atoms with E-state index in [-0.39, 0.29) is 5.91 Å². The molecule has 2 nitrogen and oxygen atoms in total. The third-order valence-electron chi connectivity index (χ3n) is 0.220. The normalized spacial score (nSPS) is 8.67. The Kier molecular flexibility index (Phi) is 3.19. The Labute approximate surface area is 42.6 Å². The van der Waals surface area contributed by atoms with Crippen LogP contribution in [0.2, 0.25) is 0 Å². The van der Waals surface area contributed by atoms with Crippen molar-refractivity contribution < 1.29 is 4.79 Å². The highest BCUT2D eigenvalue weighted by molar-refractivity contribution is 7.96. The third kappa shape index (κ3) is 3.99. The molecule has 0 aliphatic heterocycles. The minimum Gasteiger partial charge on any atom is -0.369 e. The van der Waals surface area contributed by atoms with E-state index in [1.165, 1.54) is 0 Å². The zero-order valence-electron chi connectivity index (χ0n) is 3.05. The molecule has 0 radical (unpaired) electrons. The lowest BCUT2D eigenvalue weighted by Gasteiger charge is -1.74. The lowest BCUT2D eigenvalue weighted by Crippen LogP contribution is -2.10. The van der Waals surface area contributed by atoms with Crippen molar-refractivity contribution >= 4 is 25.1 Å². The molecule has 0 spiro atoms. The molecule has 0 aromatic heterocycles. The Hall–Kier alpha value is -0.0100. The molecule has 0 atom stereocenters. The van der Waals surface area contributed by atoms with Gasteiger partial charge in [-0.2, -0.15) is 0 Å². The molecule has 0 heterocycles. The summed E-state index contributed by atoms with van der Waals surface area (Å²) in [6.07, 6.45) is 0.301. The average Bonchev–Trinajstić information content (AvgIpc) is 1.35. The number of amides is 1. The fourth-order valence-electron chi connectivity index (χ4n) is 0.0636. The first kappa shape index (κ1) is 5.99. The van der Waals surface area contributed by atoms with Gasteiger partial charge in [0.1, 0.15) is 0 Å². The molecule has 4 heteroatoms. The van der Waals surface area contributed by atoms with Gasteiger partial charge in [-0.15, -0.1) is 0 Å². The van der Waals surface area contributed by atoms with Crippen LogP contribution in [0, 0.1) is 0 Å². The highest BCUT2D eigenvalue weighted by atomic mass is 32.4. The average molecular weight is 121 g/mol.